The molecule has 7 rings (SSSR count). The highest BCUT2D eigenvalue weighted by Crippen LogP contribution is 2.33. The van der Waals surface area contributed by atoms with E-state index in [0.29, 0.717) is 11.9 Å². The minimum Gasteiger partial charge on any atom is -0.278 e. The van der Waals surface area contributed by atoms with Gasteiger partial charge >= 0.3 is 0 Å². The molecule has 0 aliphatic rings. The SMILES string of the molecule is N#Cc1nc(-n2c3ccccc3c3ccccc32)nc(-n2c3ccccc3c3ccccc32)n1. The van der Waals surface area contributed by atoms with Crippen LogP contribution in [-0.2, 0) is 0 Å². The summed E-state index contributed by atoms with van der Waals surface area (Å²) >= 11 is 0. The van der Waals surface area contributed by atoms with E-state index in [2.05, 4.69) is 40.3 Å². The van der Waals surface area contributed by atoms with Crippen LogP contribution in [0.15, 0.2) is 97.1 Å². The van der Waals surface area contributed by atoms with Crippen molar-refractivity contribution in [3.63, 3.8) is 0 Å². The molecule has 0 bridgehead atoms. The number of hydrogen-bond donors (Lipinski definition) is 0. The molecule has 34 heavy (non-hydrogen) atoms. The summed E-state index contributed by atoms with van der Waals surface area (Å²) in [6.07, 6.45) is 0. The van der Waals surface area contributed by atoms with Crippen molar-refractivity contribution in [2.24, 2.45) is 0 Å². The van der Waals surface area contributed by atoms with Crippen LogP contribution in [-0.4, -0.2) is 24.1 Å². The maximum atomic E-state index is 9.81. The molecular formula is C28H16N6. The Kier molecular flexibility index (Phi) is 3.81. The molecule has 0 unspecified atom stereocenters. The van der Waals surface area contributed by atoms with Crippen molar-refractivity contribution in [1.82, 2.24) is 24.1 Å². The third kappa shape index (κ3) is 2.52. The number of nitrogens with zero attached hydrogens (tertiary/aromatic N) is 6. The fourth-order valence-electron chi connectivity index (χ4n) is 4.88. The van der Waals surface area contributed by atoms with Gasteiger partial charge in [-0.15, -0.1) is 0 Å². The lowest BCUT2D eigenvalue weighted by molar-refractivity contribution is 0.873. The fourth-order valence-corrected chi connectivity index (χ4v) is 4.88. The zero-order chi connectivity index (χ0) is 22.6. The van der Waals surface area contributed by atoms with Gasteiger partial charge in [-0.1, -0.05) is 72.8 Å². The zero-order valence-electron chi connectivity index (χ0n) is 17.9. The van der Waals surface area contributed by atoms with Crippen LogP contribution in [0.25, 0.3) is 55.5 Å². The first-order valence-corrected chi connectivity index (χ1v) is 11.0. The Morgan fingerprint density at radius 1 is 0.471 bits per heavy atom. The lowest BCUT2D eigenvalue weighted by Crippen LogP contribution is -2.10. The second kappa shape index (κ2) is 6.99. The van der Waals surface area contributed by atoms with Gasteiger partial charge in [0.15, 0.2) is 0 Å². The maximum Gasteiger partial charge on any atom is 0.240 e. The van der Waals surface area contributed by atoms with E-state index in [9.17, 15) is 5.26 Å². The summed E-state index contributed by atoms with van der Waals surface area (Å²) in [6, 6.07) is 34.8. The van der Waals surface area contributed by atoms with Crippen LogP contribution in [0, 0.1) is 11.3 Å². The van der Waals surface area contributed by atoms with Gasteiger partial charge in [-0.25, -0.2) is 0 Å². The molecule has 0 fully saturated rings. The Balaban J connectivity index is 1.60. The highest BCUT2D eigenvalue weighted by atomic mass is 15.3. The third-order valence-electron chi connectivity index (χ3n) is 6.27. The Hall–Kier alpha value is -5.02. The van der Waals surface area contributed by atoms with Crippen LogP contribution >= 0.6 is 0 Å². The summed E-state index contributed by atoms with van der Waals surface area (Å²) < 4.78 is 4.01. The molecule has 0 saturated heterocycles. The van der Waals surface area contributed by atoms with E-state index in [1.54, 1.807) is 0 Å². The van der Waals surface area contributed by atoms with Crippen LogP contribution in [0.2, 0.25) is 0 Å². The van der Waals surface area contributed by atoms with Gasteiger partial charge in [0.25, 0.3) is 0 Å². The number of nitriles is 1. The van der Waals surface area contributed by atoms with Gasteiger partial charge < -0.3 is 0 Å². The Morgan fingerprint density at radius 2 is 0.794 bits per heavy atom. The van der Waals surface area contributed by atoms with E-state index in [4.69, 9.17) is 4.98 Å². The van der Waals surface area contributed by atoms with Crippen molar-refractivity contribution in [3.8, 4) is 18.0 Å². The summed E-state index contributed by atoms with van der Waals surface area (Å²) in [6.45, 7) is 0. The van der Waals surface area contributed by atoms with Gasteiger partial charge in [0.05, 0.1) is 22.1 Å². The molecule has 7 aromatic rings. The van der Waals surface area contributed by atoms with Crippen molar-refractivity contribution in [2.75, 3.05) is 0 Å². The largest absolute Gasteiger partial charge is 0.278 e. The molecule has 0 amide bonds. The predicted molar refractivity (Wildman–Crippen MR) is 133 cm³/mol. The molecule has 4 aromatic carbocycles. The minimum absolute atomic E-state index is 0.0729. The topological polar surface area (TPSA) is 72.3 Å². The summed E-state index contributed by atoms with van der Waals surface area (Å²) in [5, 5.41) is 14.2. The fraction of sp³-hybridized carbons (Fsp3) is 0. The first-order valence-electron chi connectivity index (χ1n) is 11.0. The van der Waals surface area contributed by atoms with Gasteiger partial charge in [-0.05, 0) is 24.3 Å². The molecule has 0 atom stereocenters. The second-order valence-electron chi connectivity index (χ2n) is 8.11. The lowest BCUT2D eigenvalue weighted by atomic mass is 10.2. The summed E-state index contributed by atoms with van der Waals surface area (Å²) in [5.41, 5.74) is 3.91. The van der Waals surface area contributed by atoms with Crippen LogP contribution in [0.3, 0.4) is 0 Å². The summed E-state index contributed by atoms with van der Waals surface area (Å²) in [5.74, 6) is 0.908. The van der Waals surface area contributed by atoms with Gasteiger partial charge in [0, 0.05) is 21.5 Å². The average Bonchev–Trinajstić information content (AvgIpc) is 3.42. The lowest BCUT2D eigenvalue weighted by Gasteiger charge is -2.10. The number of para-hydroxylation sites is 4. The molecule has 3 heterocycles. The number of benzene rings is 4. The highest BCUT2D eigenvalue weighted by Gasteiger charge is 2.19. The Labute approximate surface area is 194 Å². The van der Waals surface area contributed by atoms with Crippen LogP contribution < -0.4 is 0 Å². The molecule has 158 valence electrons. The highest BCUT2D eigenvalue weighted by molar-refractivity contribution is 6.10. The first kappa shape index (κ1) is 18.5. The van der Waals surface area contributed by atoms with Crippen LogP contribution in [0.5, 0.6) is 0 Å². The molecule has 0 spiro atoms. The predicted octanol–water partition coefficient (Wildman–Crippen LogP) is 5.94. The average molecular weight is 436 g/mol. The van der Waals surface area contributed by atoms with Gasteiger partial charge in [0.2, 0.25) is 17.7 Å². The first-order chi connectivity index (χ1) is 16.8. The smallest absolute Gasteiger partial charge is 0.240 e. The van der Waals surface area contributed by atoms with Crippen molar-refractivity contribution >= 4 is 43.6 Å². The van der Waals surface area contributed by atoms with Crippen molar-refractivity contribution in [3.05, 3.63) is 103 Å². The molecule has 0 N–H and O–H groups in total. The van der Waals surface area contributed by atoms with Crippen molar-refractivity contribution in [2.45, 2.75) is 0 Å². The molecule has 3 aromatic heterocycles. The summed E-state index contributed by atoms with van der Waals surface area (Å²) in [4.78, 5) is 14.0. The van der Waals surface area contributed by atoms with Gasteiger partial charge in [-0.3, -0.25) is 9.13 Å². The Morgan fingerprint density at radius 3 is 1.12 bits per heavy atom. The monoisotopic (exact) mass is 436 g/mol. The Bertz CT molecular complexity index is 1700. The standard InChI is InChI=1S/C28H16N6/c29-17-26-30-27(33-22-13-5-1-9-18(22)19-10-2-6-14-23(19)33)32-28(31-26)34-24-15-7-3-11-20(24)21-12-4-8-16-25(21)34/h1-16H. The van der Waals surface area contributed by atoms with E-state index < -0.39 is 0 Å². The molecule has 6 nitrogen and oxygen atoms in total. The van der Waals surface area contributed by atoms with Crippen LogP contribution in [0.1, 0.15) is 5.82 Å². The normalized spacial score (nSPS) is 11.5. The molecule has 0 aliphatic heterocycles. The van der Waals surface area contributed by atoms with E-state index in [1.165, 1.54) is 0 Å². The van der Waals surface area contributed by atoms with E-state index in [0.717, 1.165) is 43.6 Å². The van der Waals surface area contributed by atoms with Gasteiger partial charge in [-0.2, -0.15) is 20.2 Å². The van der Waals surface area contributed by atoms with E-state index in [1.807, 2.05) is 81.9 Å². The third-order valence-corrected chi connectivity index (χ3v) is 6.27. The van der Waals surface area contributed by atoms with Crippen LogP contribution in [0.4, 0.5) is 0 Å². The second-order valence-corrected chi connectivity index (χ2v) is 8.11. The van der Waals surface area contributed by atoms with E-state index >= 15 is 0 Å². The number of hydrogen-bond acceptors (Lipinski definition) is 4. The summed E-state index contributed by atoms with van der Waals surface area (Å²) in [7, 11) is 0. The number of aromatic nitrogens is 5. The van der Waals surface area contributed by atoms with Crippen molar-refractivity contribution in [1.29, 1.82) is 5.26 Å². The number of rotatable bonds is 2. The molecule has 0 aliphatic carbocycles. The van der Waals surface area contributed by atoms with E-state index in [-0.39, 0.29) is 5.82 Å². The van der Waals surface area contributed by atoms with Crippen molar-refractivity contribution < 1.29 is 0 Å². The molecule has 6 heteroatoms. The zero-order valence-corrected chi connectivity index (χ0v) is 17.9. The number of fused-ring (bicyclic) bond motifs is 6. The maximum absolute atomic E-state index is 9.81. The molecular weight excluding hydrogens is 420 g/mol. The molecule has 0 saturated carbocycles. The quantitative estimate of drug-likeness (QED) is 0.336. The minimum atomic E-state index is 0.0729. The molecule has 0 radical (unpaired) electrons. The van der Waals surface area contributed by atoms with Gasteiger partial charge in [0.1, 0.15) is 6.07 Å².